The molecule has 206 valence electrons. The van der Waals surface area contributed by atoms with Crippen LogP contribution in [0.2, 0.25) is 0 Å². The number of terminal acetylenes is 1. The summed E-state index contributed by atoms with van der Waals surface area (Å²) >= 11 is 0. The zero-order chi connectivity index (χ0) is 28.6. The average Bonchev–Trinajstić information content (AvgIpc) is 2.79. The summed E-state index contributed by atoms with van der Waals surface area (Å²) in [6.45, 7) is 18.8. The summed E-state index contributed by atoms with van der Waals surface area (Å²) in [4.78, 5) is 42.6. The molecule has 1 aromatic carbocycles. The molecule has 0 heterocycles. The van der Waals surface area contributed by atoms with Crippen molar-refractivity contribution in [1.82, 2.24) is 15.5 Å². The number of alkyl carbamates (subject to hydrolysis) is 1. The summed E-state index contributed by atoms with van der Waals surface area (Å²) in [7, 11) is 0. The van der Waals surface area contributed by atoms with Gasteiger partial charge in [-0.1, -0.05) is 58.2 Å². The number of hydrogen-bond acceptors (Lipinski definition) is 4. The predicted molar refractivity (Wildman–Crippen MR) is 149 cm³/mol. The van der Waals surface area contributed by atoms with E-state index < -0.39 is 29.3 Å². The highest BCUT2D eigenvalue weighted by Crippen LogP contribution is 2.34. The molecule has 0 bridgehead atoms. The van der Waals surface area contributed by atoms with E-state index in [9.17, 15) is 14.4 Å². The van der Waals surface area contributed by atoms with Crippen LogP contribution in [0.15, 0.2) is 24.3 Å². The molecule has 0 saturated heterocycles. The number of rotatable bonds is 11. The average molecular weight is 514 g/mol. The van der Waals surface area contributed by atoms with Crippen LogP contribution < -0.4 is 10.6 Å². The third-order valence-corrected chi connectivity index (χ3v) is 6.39. The van der Waals surface area contributed by atoms with Crippen molar-refractivity contribution in [2.45, 2.75) is 118 Å². The fourth-order valence-corrected chi connectivity index (χ4v) is 4.13. The first kappa shape index (κ1) is 32.0. The number of ether oxygens (including phenoxy) is 1. The van der Waals surface area contributed by atoms with E-state index in [0.29, 0.717) is 17.5 Å². The fraction of sp³-hybridized carbons (Fsp3) is 0.633. The Morgan fingerprint density at radius 2 is 1.62 bits per heavy atom. The van der Waals surface area contributed by atoms with E-state index in [1.807, 2.05) is 53.7 Å². The molecule has 0 saturated carbocycles. The molecular formula is C30H47N3O4. The van der Waals surface area contributed by atoms with Gasteiger partial charge in [0.1, 0.15) is 17.7 Å². The van der Waals surface area contributed by atoms with Gasteiger partial charge in [-0.2, -0.15) is 0 Å². The monoisotopic (exact) mass is 513 g/mol. The van der Waals surface area contributed by atoms with E-state index in [4.69, 9.17) is 11.2 Å². The van der Waals surface area contributed by atoms with Gasteiger partial charge in [0.15, 0.2) is 0 Å². The summed E-state index contributed by atoms with van der Waals surface area (Å²) in [5, 5.41) is 5.85. The van der Waals surface area contributed by atoms with Gasteiger partial charge >= 0.3 is 6.09 Å². The lowest BCUT2D eigenvalue weighted by Crippen LogP contribution is -2.61. The quantitative estimate of drug-likeness (QED) is 0.378. The number of hydrogen-bond donors (Lipinski definition) is 2. The topological polar surface area (TPSA) is 87.7 Å². The molecule has 0 aromatic heterocycles. The van der Waals surface area contributed by atoms with Crippen LogP contribution in [0.1, 0.15) is 106 Å². The molecule has 0 aliphatic rings. The van der Waals surface area contributed by atoms with Gasteiger partial charge in [-0.05, 0) is 71.9 Å². The Bertz CT molecular complexity index is 972. The van der Waals surface area contributed by atoms with Crippen molar-refractivity contribution in [1.29, 1.82) is 0 Å². The number of nitrogens with one attached hydrogen (secondary N) is 2. The first-order valence-corrected chi connectivity index (χ1v) is 13.3. The normalized spacial score (nSPS) is 14.2. The first-order chi connectivity index (χ1) is 17.1. The zero-order valence-electron chi connectivity index (χ0n) is 24.4. The summed E-state index contributed by atoms with van der Waals surface area (Å²) in [5.41, 5.74) is -0.351. The molecular weight excluding hydrogens is 466 g/mol. The Morgan fingerprint density at radius 1 is 1.03 bits per heavy atom. The maximum absolute atomic E-state index is 14.3. The summed E-state index contributed by atoms with van der Waals surface area (Å²) in [5.74, 6) is 1.73. The number of benzene rings is 1. The van der Waals surface area contributed by atoms with Crippen LogP contribution in [0, 0.1) is 18.3 Å². The van der Waals surface area contributed by atoms with Crippen molar-refractivity contribution in [3.05, 3.63) is 35.4 Å². The van der Waals surface area contributed by atoms with Gasteiger partial charge in [-0.3, -0.25) is 9.59 Å². The largest absolute Gasteiger partial charge is 0.444 e. The second kappa shape index (κ2) is 13.5. The number of nitrogens with zero attached hydrogens (tertiary/aromatic N) is 1. The fourth-order valence-electron chi connectivity index (χ4n) is 4.13. The molecule has 3 unspecified atom stereocenters. The molecule has 0 aliphatic carbocycles. The van der Waals surface area contributed by atoms with Crippen molar-refractivity contribution in [3.8, 4) is 12.3 Å². The lowest BCUT2D eigenvalue weighted by Gasteiger charge is -2.45. The van der Waals surface area contributed by atoms with Gasteiger partial charge in [-0.25, -0.2) is 4.79 Å². The van der Waals surface area contributed by atoms with Crippen LogP contribution in [0.25, 0.3) is 0 Å². The highest BCUT2D eigenvalue weighted by molar-refractivity contribution is 5.93. The van der Waals surface area contributed by atoms with Crippen molar-refractivity contribution in [3.63, 3.8) is 0 Å². The van der Waals surface area contributed by atoms with Crippen molar-refractivity contribution < 1.29 is 19.1 Å². The molecule has 1 aromatic rings. The van der Waals surface area contributed by atoms with Gasteiger partial charge in [0.2, 0.25) is 11.8 Å². The molecule has 3 atom stereocenters. The minimum absolute atomic E-state index is 0.0829. The standard InChI is InChI=1S/C30H47N3O4/c1-12-17-21(6)31-26(34)25(23-19-16-15-18-22(23)13-2)33(30(10,11)14-3)27(35)24(20(4)5)32-28(36)37-29(7,8)9/h2,15-16,18-21,24-25H,12,14,17H2,1,3-11H3,(H,31,34)(H,32,36). The van der Waals surface area contributed by atoms with Crippen LogP contribution in [-0.4, -0.2) is 46.0 Å². The Hall–Kier alpha value is -3.01. The minimum Gasteiger partial charge on any atom is -0.444 e. The summed E-state index contributed by atoms with van der Waals surface area (Å²) < 4.78 is 5.44. The Kier molecular flexibility index (Phi) is 11.7. The molecule has 7 nitrogen and oxygen atoms in total. The first-order valence-electron chi connectivity index (χ1n) is 13.3. The minimum atomic E-state index is -0.990. The number of carbonyl (C=O) groups excluding carboxylic acids is 3. The second-order valence-corrected chi connectivity index (χ2v) is 11.6. The molecule has 37 heavy (non-hydrogen) atoms. The third-order valence-electron chi connectivity index (χ3n) is 6.39. The van der Waals surface area contributed by atoms with Gasteiger partial charge in [-0.15, -0.1) is 6.42 Å². The van der Waals surface area contributed by atoms with E-state index >= 15 is 0 Å². The number of carbonyl (C=O) groups is 3. The van der Waals surface area contributed by atoms with Crippen LogP contribution in [0.5, 0.6) is 0 Å². The second-order valence-electron chi connectivity index (χ2n) is 11.6. The Balaban J connectivity index is 3.72. The van der Waals surface area contributed by atoms with Gasteiger partial charge in [0.05, 0.1) is 0 Å². The Labute approximate surface area is 224 Å². The molecule has 0 radical (unpaired) electrons. The van der Waals surface area contributed by atoms with Crippen molar-refractivity contribution >= 4 is 17.9 Å². The third kappa shape index (κ3) is 9.10. The molecule has 0 fully saturated rings. The molecule has 0 spiro atoms. The SMILES string of the molecule is C#Cc1ccccc1C(C(=O)NC(C)CCC)N(C(=O)C(NC(=O)OC(C)(C)C)C(C)C)C(C)(C)CC. The molecule has 3 amide bonds. The van der Waals surface area contributed by atoms with Crippen LogP contribution in [0.4, 0.5) is 4.79 Å². The lowest BCUT2D eigenvalue weighted by atomic mass is 9.89. The van der Waals surface area contributed by atoms with Crippen molar-refractivity contribution in [2.75, 3.05) is 0 Å². The van der Waals surface area contributed by atoms with Gasteiger partial charge < -0.3 is 20.3 Å². The maximum atomic E-state index is 14.3. The zero-order valence-corrected chi connectivity index (χ0v) is 24.4. The maximum Gasteiger partial charge on any atom is 0.408 e. The van der Waals surface area contributed by atoms with E-state index in [1.54, 1.807) is 37.8 Å². The van der Waals surface area contributed by atoms with Crippen molar-refractivity contribution in [2.24, 2.45) is 5.92 Å². The highest BCUT2D eigenvalue weighted by Gasteiger charge is 2.44. The van der Waals surface area contributed by atoms with Crippen LogP contribution >= 0.6 is 0 Å². The van der Waals surface area contributed by atoms with E-state index in [-0.39, 0.29) is 23.8 Å². The predicted octanol–water partition coefficient (Wildman–Crippen LogP) is 5.58. The summed E-state index contributed by atoms with van der Waals surface area (Å²) in [6.07, 6.45) is 7.43. The molecule has 7 heteroatoms. The van der Waals surface area contributed by atoms with Crippen LogP contribution in [-0.2, 0) is 14.3 Å². The summed E-state index contributed by atoms with van der Waals surface area (Å²) in [6, 6.07) is 5.20. The Morgan fingerprint density at radius 3 is 2.11 bits per heavy atom. The lowest BCUT2D eigenvalue weighted by molar-refractivity contribution is -0.150. The highest BCUT2D eigenvalue weighted by atomic mass is 16.6. The van der Waals surface area contributed by atoms with E-state index in [2.05, 4.69) is 23.5 Å². The van der Waals surface area contributed by atoms with E-state index in [1.165, 1.54) is 0 Å². The molecule has 1 rings (SSSR count). The molecule has 0 aliphatic heterocycles. The van der Waals surface area contributed by atoms with Gasteiger partial charge in [0.25, 0.3) is 0 Å². The van der Waals surface area contributed by atoms with E-state index in [0.717, 1.165) is 12.8 Å². The number of amides is 3. The van der Waals surface area contributed by atoms with Gasteiger partial charge in [0, 0.05) is 17.1 Å². The van der Waals surface area contributed by atoms with Crippen LogP contribution in [0.3, 0.4) is 0 Å². The molecule has 2 N–H and O–H groups in total. The smallest absolute Gasteiger partial charge is 0.408 e.